The molecule has 0 unspecified atom stereocenters. The Hall–Kier alpha value is -2.14. The van der Waals surface area contributed by atoms with E-state index in [0.29, 0.717) is 6.54 Å². The van der Waals surface area contributed by atoms with Gasteiger partial charge in [0, 0.05) is 6.20 Å². The molecule has 0 radical (unpaired) electrons. The zero-order valence-corrected chi connectivity index (χ0v) is 12.2. The van der Waals surface area contributed by atoms with Gasteiger partial charge in [0.1, 0.15) is 11.3 Å². The van der Waals surface area contributed by atoms with Gasteiger partial charge in [0.15, 0.2) is 5.13 Å². The van der Waals surface area contributed by atoms with Crippen LogP contribution in [0, 0.1) is 6.92 Å². The lowest BCUT2D eigenvalue weighted by Crippen LogP contribution is -2.00. The van der Waals surface area contributed by atoms with Crippen molar-refractivity contribution in [1.29, 1.82) is 0 Å². The number of benzene rings is 1. The van der Waals surface area contributed by atoms with Crippen LogP contribution in [0.2, 0.25) is 0 Å². The standard InChI is InChI=1S/C15H15N3OS/c1-10-6-7-12(19-2)13-14(10)20-15(18-13)17-9-11-5-3-4-8-16-11/h3-8H,9H2,1-2H3,(H,17,18). The molecule has 2 heterocycles. The van der Waals surface area contributed by atoms with Crippen LogP contribution in [0.5, 0.6) is 5.75 Å². The smallest absolute Gasteiger partial charge is 0.184 e. The summed E-state index contributed by atoms with van der Waals surface area (Å²) in [5.74, 6) is 0.813. The second-order valence-electron chi connectivity index (χ2n) is 4.46. The van der Waals surface area contributed by atoms with Crippen molar-refractivity contribution in [2.24, 2.45) is 0 Å². The fourth-order valence-corrected chi connectivity index (χ4v) is 2.97. The number of thiazole rings is 1. The van der Waals surface area contributed by atoms with Gasteiger partial charge in [-0.2, -0.15) is 0 Å². The number of hydrogen-bond donors (Lipinski definition) is 1. The minimum Gasteiger partial charge on any atom is -0.494 e. The van der Waals surface area contributed by atoms with Gasteiger partial charge in [0.25, 0.3) is 0 Å². The third-order valence-electron chi connectivity index (χ3n) is 3.07. The van der Waals surface area contributed by atoms with E-state index in [1.54, 1.807) is 24.6 Å². The minimum atomic E-state index is 0.669. The highest BCUT2D eigenvalue weighted by Crippen LogP contribution is 2.34. The van der Waals surface area contributed by atoms with Crippen molar-refractivity contribution < 1.29 is 4.74 Å². The van der Waals surface area contributed by atoms with Crippen LogP contribution in [0.25, 0.3) is 10.2 Å². The second-order valence-corrected chi connectivity index (χ2v) is 5.46. The molecule has 0 bridgehead atoms. The van der Waals surface area contributed by atoms with Crippen molar-refractivity contribution in [3.63, 3.8) is 0 Å². The Morgan fingerprint density at radius 2 is 2.15 bits per heavy atom. The van der Waals surface area contributed by atoms with Crippen LogP contribution < -0.4 is 10.1 Å². The molecule has 0 aliphatic carbocycles. The lowest BCUT2D eigenvalue weighted by Gasteiger charge is -2.01. The number of nitrogens with one attached hydrogen (secondary N) is 1. The molecule has 1 aromatic carbocycles. The molecule has 4 nitrogen and oxygen atoms in total. The van der Waals surface area contributed by atoms with Gasteiger partial charge >= 0.3 is 0 Å². The molecule has 0 amide bonds. The number of rotatable bonds is 4. The molecule has 0 saturated carbocycles. The van der Waals surface area contributed by atoms with Gasteiger partial charge in [0.2, 0.25) is 0 Å². The van der Waals surface area contributed by atoms with Gasteiger partial charge in [-0.05, 0) is 30.7 Å². The van der Waals surface area contributed by atoms with E-state index in [9.17, 15) is 0 Å². The summed E-state index contributed by atoms with van der Waals surface area (Å²) in [6, 6.07) is 9.90. The number of ether oxygens (including phenoxy) is 1. The van der Waals surface area contributed by atoms with Gasteiger partial charge in [0.05, 0.1) is 24.0 Å². The first kappa shape index (κ1) is 12.9. The maximum absolute atomic E-state index is 5.36. The predicted molar refractivity (Wildman–Crippen MR) is 82.5 cm³/mol. The summed E-state index contributed by atoms with van der Waals surface area (Å²) >= 11 is 1.64. The summed E-state index contributed by atoms with van der Waals surface area (Å²) in [4.78, 5) is 8.90. The molecule has 0 atom stereocenters. The van der Waals surface area contributed by atoms with E-state index in [1.165, 1.54) is 5.56 Å². The zero-order chi connectivity index (χ0) is 13.9. The molecule has 102 valence electrons. The summed E-state index contributed by atoms with van der Waals surface area (Å²) < 4.78 is 6.52. The summed E-state index contributed by atoms with van der Waals surface area (Å²) in [6.07, 6.45) is 1.79. The van der Waals surface area contributed by atoms with Gasteiger partial charge in [-0.1, -0.05) is 23.5 Å². The number of nitrogens with zero attached hydrogens (tertiary/aromatic N) is 2. The maximum atomic E-state index is 5.36. The first-order chi connectivity index (χ1) is 9.78. The van der Waals surface area contributed by atoms with Gasteiger partial charge < -0.3 is 10.1 Å². The third kappa shape index (κ3) is 2.44. The third-order valence-corrected chi connectivity index (χ3v) is 4.22. The van der Waals surface area contributed by atoms with E-state index >= 15 is 0 Å². The van der Waals surface area contributed by atoms with Crippen LogP contribution in [0.4, 0.5) is 5.13 Å². The fraction of sp³-hybridized carbons (Fsp3) is 0.200. The maximum Gasteiger partial charge on any atom is 0.184 e. The lowest BCUT2D eigenvalue weighted by atomic mass is 10.2. The number of hydrogen-bond acceptors (Lipinski definition) is 5. The fourth-order valence-electron chi connectivity index (χ4n) is 2.02. The summed E-state index contributed by atoms with van der Waals surface area (Å²) in [5.41, 5.74) is 3.13. The van der Waals surface area contributed by atoms with Crippen molar-refractivity contribution in [2.75, 3.05) is 12.4 Å². The van der Waals surface area contributed by atoms with Crippen molar-refractivity contribution in [2.45, 2.75) is 13.5 Å². The quantitative estimate of drug-likeness (QED) is 0.795. The van der Waals surface area contributed by atoms with E-state index in [-0.39, 0.29) is 0 Å². The number of aryl methyl sites for hydroxylation is 1. The molecule has 5 heteroatoms. The van der Waals surface area contributed by atoms with Crippen LogP contribution >= 0.6 is 11.3 Å². The SMILES string of the molecule is COc1ccc(C)c2sc(NCc3ccccn3)nc12. The van der Waals surface area contributed by atoms with Crippen LogP contribution in [0.1, 0.15) is 11.3 Å². The van der Waals surface area contributed by atoms with E-state index < -0.39 is 0 Å². The molecule has 1 N–H and O–H groups in total. The Kier molecular flexibility index (Phi) is 3.52. The van der Waals surface area contributed by atoms with E-state index in [1.807, 2.05) is 24.3 Å². The average Bonchev–Trinajstić information content (AvgIpc) is 2.92. The van der Waals surface area contributed by atoms with Crippen molar-refractivity contribution in [1.82, 2.24) is 9.97 Å². The van der Waals surface area contributed by atoms with Crippen LogP contribution in [0.15, 0.2) is 36.5 Å². The molecule has 0 saturated heterocycles. The minimum absolute atomic E-state index is 0.669. The van der Waals surface area contributed by atoms with Gasteiger partial charge in [-0.25, -0.2) is 4.98 Å². The van der Waals surface area contributed by atoms with Crippen LogP contribution in [-0.4, -0.2) is 17.1 Å². The molecule has 3 rings (SSSR count). The molecule has 0 spiro atoms. The van der Waals surface area contributed by atoms with E-state index in [4.69, 9.17) is 4.74 Å². The first-order valence-corrected chi connectivity index (χ1v) is 7.17. The highest BCUT2D eigenvalue weighted by atomic mass is 32.1. The van der Waals surface area contributed by atoms with Crippen LogP contribution in [0.3, 0.4) is 0 Å². The van der Waals surface area contributed by atoms with E-state index in [0.717, 1.165) is 26.8 Å². The van der Waals surface area contributed by atoms with Gasteiger partial charge in [-0.15, -0.1) is 0 Å². The molecule has 3 aromatic rings. The Labute approximate surface area is 121 Å². The Morgan fingerprint density at radius 1 is 1.25 bits per heavy atom. The molecular formula is C15H15N3OS. The molecule has 20 heavy (non-hydrogen) atoms. The monoisotopic (exact) mass is 285 g/mol. The number of anilines is 1. The van der Waals surface area contributed by atoms with Crippen molar-refractivity contribution in [3.05, 3.63) is 47.8 Å². The number of fused-ring (bicyclic) bond motifs is 1. The Morgan fingerprint density at radius 3 is 2.90 bits per heavy atom. The van der Waals surface area contributed by atoms with Crippen LogP contribution in [-0.2, 0) is 6.54 Å². The number of aromatic nitrogens is 2. The lowest BCUT2D eigenvalue weighted by molar-refractivity contribution is 0.419. The molecule has 0 aliphatic heterocycles. The Bertz CT molecular complexity index is 725. The van der Waals surface area contributed by atoms with Crippen molar-refractivity contribution >= 4 is 26.7 Å². The highest BCUT2D eigenvalue weighted by Gasteiger charge is 2.10. The molecule has 0 aliphatic rings. The molecular weight excluding hydrogens is 270 g/mol. The summed E-state index contributed by atoms with van der Waals surface area (Å²) in [5, 5.41) is 4.21. The number of pyridine rings is 1. The highest BCUT2D eigenvalue weighted by molar-refractivity contribution is 7.22. The summed E-state index contributed by atoms with van der Waals surface area (Å²) in [6.45, 7) is 2.75. The summed E-state index contributed by atoms with van der Waals surface area (Å²) in [7, 11) is 1.67. The second kappa shape index (κ2) is 5.46. The van der Waals surface area contributed by atoms with E-state index in [2.05, 4.69) is 28.3 Å². The first-order valence-electron chi connectivity index (χ1n) is 6.36. The van der Waals surface area contributed by atoms with Crippen molar-refractivity contribution in [3.8, 4) is 5.75 Å². The normalized spacial score (nSPS) is 10.7. The zero-order valence-electron chi connectivity index (χ0n) is 11.4. The average molecular weight is 285 g/mol. The Balaban J connectivity index is 1.88. The number of methoxy groups -OCH3 is 1. The predicted octanol–water partition coefficient (Wildman–Crippen LogP) is 3.62. The van der Waals surface area contributed by atoms with Gasteiger partial charge in [-0.3, -0.25) is 4.98 Å². The largest absolute Gasteiger partial charge is 0.494 e. The topological polar surface area (TPSA) is 47.0 Å². The molecule has 0 fully saturated rings. The molecule has 2 aromatic heterocycles.